The minimum Gasteiger partial charge on any atom is -0.481 e. The number of hydrogen-bond acceptors (Lipinski definition) is 18. The molecule has 0 bridgehead atoms. The van der Waals surface area contributed by atoms with Crippen molar-refractivity contribution >= 4 is 72.1 Å². The Morgan fingerprint density at radius 1 is 0.914 bits per heavy atom. The minimum absolute atomic E-state index is 0.0793. The summed E-state index contributed by atoms with van der Waals surface area (Å²) >= 11 is 2.27. The summed E-state index contributed by atoms with van der Waals surface area (Å²) in [7, 11) is -3.16. The number of rotatable bonds is 17. The maximum Gasteiger partial charge on any atom is 0.480 e. The van der Waals surface area contributed by atoms with Gasteiger partial charge in [-0.3, -0.25) is 19.2 Å². The van der Waals surface area contributed by atoms with Gasteiger partial charge in [-0.25, -0.2) is 0 Å². The van der Waals surface area contributed by atoms with Gasteiger partial charge in [0, 0.05) is 12.0 Å². The van der Waals surface area contributed by atoms with Crippen LogP contribution in [0.25, 0.3) is 0 Å². The molecule has 2 saturated heterocycles. The molecule has 0 saturated carbocycles. The van der Waals surface area contributed by atoms with E-state index in [-0.39, 0.29) is 68.8 Å². The normalized spacial score (nSPS) is 24.4. The molecule has 1 aliphatic carbocycles. The summed E-state index contributed by atoms with van der Waals surface area (Å²) in [5.41, 5.74) is -0.756. The molecule has 312 valence electrons. The highest BCUT2D eigenvalue weighted by molar-refractivity contribution is 7.13. The lowest BCUT2D eigenvalue weighted by molar-refractivity contribution is -0.146. The van der Waals surface area contributed by atoms with Gasteiger partial charge in [0.2, 0.25) is 0 Å². The molecule has 3 aliphatic rings. The minimum atomic E-state index is -1.71. The number of aliphatic carboxylic acids is 2. The molecule has 2 fully saturated rings. The molecule has 4 heterocycles. The molecule has 58 heavy (non-hydrogen) atoms. The first-order valence-corrected chi connectivity index (χ1v) is 19.6. The van der Waals surface area contributed by atoms with Crippen molar-refractivity contribution in [2.24, 2.45) is 15.7 Å². The molecule has 5 atom stereocenters. The maximum atomic E-state index is 13.7. The van der Waals surface area contributed by atoms with Crippen LogP contribution in [0.1, 0.15) is 41.5 Å². The quantitative estimate of drug-likeness (QED) is 0.0429. The maximum absolute atomic E-state index is 13.7. The summed E-state index contributed by atoms with van der Waals surface area (Å²) in [6.07, 6.45) is 1.08. The number of carboxylic acids is 2. The number of allylic oxidation sites excluding steroid dienone is 3. The van der Waals surface area contributed by atoms with Gasteiger partial charge in [-0.15, -0.1) is 22.7 Å². The van der Waals surface area contributed by atoms with Gasteiger partial charge >= 0.3 is 26.2 Å². The highest BCUT2D eigenvalue weighted by Crippen LogP contribution is 2.35. The molecule has 8 N–H and O–H groups in total. The van der Waals surface area contributed by atoms with Crippen LogP contribution in [-0.4, -0.2) is 143 Å². The van der Waals surface area contributed by atoms with Gasteiger partial charge in [0.1, 0.15) is 13.2 Å². The van der Waals surface area contributed by atoms with E-state index in [1.807, 2.05) is 0 Å². The Kier molecular flexibility index (Phi) is 16.1. The van der Waals surface area contributed by atoms with Crippen molar-refractivity contribution in [2.45, 2.75) is 63.2 Å². The van der Waals surface area contributed by atoms with Crippen molar-refractivity contribution < 1.29 is 78.1 Å². The van der Waals surface area contributed by atoms with Crippen molar-refractivity contribution in [3.8, 4) is 0 Å². The molecule has 0 aromatic carbocycles. The van der Waals surface area contributed by atoms with Crippen molar-refractivity contribution in [1.82, 2.24) is 10.6 Å². The third-order valence-corrected chi connectivity index (χ3v) is 10.9. The third kappa shape index (κ3) is 12.3. The second kappa shape index (κ2) is 21.0. The Hall–Kier alpha value is -4.49. The molecule has 0 spiro atoms. The van der Waals surface area contributed by atoms with Gasteiger partial charge < -0.3 is 69.6 Å². The Morgan fingerprint density at radius 2 is 1.53 bits per heavy atom. The number of ether oxygens (including phenoxy) is 2. The number of carboxylic acid groups (broad SMARTS) is 2. The fourth-order valence-electron chi connectivity index (χ4n) is 5.80. The number of amides is 2. The molecule has 2 aromatic rings. The van der Waals surface area contributed by atoms with Crippen LogP contribution in [0.4, 0.5) is 0 Å². The van der Waals surface area contributed by atoms with Gasteiger partial charge in [-0.2, -0.15) is 0 Å². The fourth-order valence-corrected chi connectivity index (χ4v) is 7.38. The topological polar surface area (TPSA) is 294 Å². The van der Waals surface area contributed by atoms with Gasteiger partial charge in [0.15, 0.2) is 17.7 Å². The fraction of sp³-hybridized carbons (Fsp3) is 0.471. The van der Waals surface area contributed by atoms with E-state index in [2.05, 4.69) is 20.9 Å². The molecule has 2 aliphatic heterocycles. The standard InChI is InChI=1S/C34H42B2N4O16S2/c1-34(33(47)48)7-3-2-5-20(34)13-54-40-30(32(46)38-26-17-52-15-22(11-28(43)44)56-36(26)50)24-9-19(18-58-24)12-53-39-29(23-6-4-8-57-23)31(45)37-25-16-51-14-21(10-27(41)42)55-35(25)49/h2-6,8-9,18,21-22,25-26,28,43-44,49-50H,7,10-17H2,1H3,(H,37,45)(H,38,46)(H,41,42)(H,47,48)/b39-29-,40-30-/t21-,22-,25-,26-,34?/m0/s1. The van der Waals surface area contributed by atoms with Crippen LogP contribution in [0.3, 0.4) is 0 Å². The van der Waals surface area contributed by atoms with Crippen molar-refractivity contribution in [2.75, 3.05) is 33.0 Å². The van der Waals surface area contributed by atoms with Gasteiger partial charge in [0.25, 0.3) is 11.8 Å². The molecule has 24 heteroatoms. The van der Waals surface area contributed by atoms with E-state index in [1.165, 1.54) is 11.3 Å². The second-order valence-corrected chi connectivity index (χ2v) is 15.4. The van der Waals surface area contributed by atoms with Crippen LogP contribution in [0.2, 0.25) is 0 Å². The SMILES string of the molecule is CC1(C(=O)O)CC=CC=C1CO/N=C(\C(=O)N[C@H]1COC[C@H](CC(O)O)OB1O)c1cc(CO/N=C(\C(=O)N[C@H]2COC[C@H](CC(=O)O)OB2O)c2cccs2)cs1. The van der Waals surface area contributed by atoms with E-state index >= 15 is 0 Å². The number of thiophene rings is 2. The highest BCUT2D eigenvalue weighted by Gasteiger charge is 2.39. The summed E-state index contributed by atoms with van der Waals surface area (Å²) in [6, 6.07) is 4.88. The summed E-state index contributed by atoms with van der Waals surface area (Å²) < 4.78 is 21.8. The lowest BCUT2D eigenvalue weighted by atomic mass is 9.77. The monoisotopic (exact) mass is 848 g/mol. The number of carbonyl (C=O) groups is 4. The summed E-state index contributed by atoms with van der Waals surface area (Å²) in [4.78, 5) is 62.2. The lowest BCUT2D eigenvalue weighted by Crippen LogP contribution is -2.52. The zero-order valence-corrected chi connectivity index (χ0v) is 32.6. The number of carbonyl (C=O) groups excluding carboxylic acids is 2. The second-order valence-electron chi connectivity index (χ2n) is 13.5. The smallest absolute Gasteiger partial charge is 0.480 e. The molecule has 2 amide bonds. The number of nitrogens with zero attached hydrogens (tertiary/aromatic N) is 2. The van der Waals surface area contributed by atoms with E-state index < -0.39 is 80.2 Å². The molecule has 0 radical (unpaired) electrons. The number of aliphatic hydroxyl groups excluding tert-OH is 1. The van der Waals surface area contributed by atoms with Crippen LogP contribution in [0.15, 0.2) is 63.1 Å². The van der Waals surface area contributed by atoms with E-state index in [0.29, 0.717) is 16.0 Å². The van der Waals surface area contributed by atoms with E-state index in [0.717, 1.165) is 11.3 Å². The Balaban J connectivity index is 1.30. The first-order chi connectivity index (χ1) is 27.7. The van der Waals surface area contributed by atoms with E-state index in [9.17, 15) is 44.5 Å². The Morgan fingerprint density at radius 3 is 2.14 bits per heavy atom. The van der Waals surface area contributed by atoms with Crippen LogP contribution < -0.4 is 10.6 Å². The molecular formula is C34H42B2N4O16S2. The molecule has 5 rings (SSSR count). The summed E-state index contributed by atoms with van der Waals surface area (Å²) in [6.45, 7) is 0.549. The predicted molar refractivity (Wildman–Crippen MR) is 206 cm³/mol. The molecule has 1 unspecified atom stereocenters. The predicted octanol–water partition coefficient (Wildman–Crippen LogP) is -0.556. The molecule has 2 aromatic heterocycles. The number of nitrogens with one attached hydrogen (secondary N) is 2. The van der Waals surface area contributed by atoms with Crippen LogP contribution >= 0.6 is 22.7 Å². The van der Waals surface area contributed by atoms with E-state index in [4.69, 9.17) is 33.6 Å². The number of aliphatic hydroxyl groups is 2. The lowest BCUT2D eigenvalue weighted by Gasteiger charge is -2.28. The Labute approximate surface area is 340 Å². The zero-order chi connectivity index (χ0) is 41.8. The van der Waals surface area contributed by atoms with Gasteiger partial charge in [-0.1, -0.05) is 34.6 Å². The average Bonchev–Trinajstić information content (AvgIpc) is 3.80. The molecular weight excluding hydrogens is 806 g/mol. The Bertz CT molecular complexity index is 1870. The van der Waals surface area contributed by atoms with Crippen LogP contribution in [-0.2, 0) is 54.2 Å². The van der Waals surface area contributed by atoms with Crippen molar-refractivity contribution in [3.63, 3.8) is 0 Å². The highest BCUT2D eigenvalue weighted by atomic mass is 32.1. The summed E-state index contributed by atoms with van der Waals surface area (Å²) in [5.74, 6) is -5.93. The first-order valence-electron chi connectivity index (χ1n) is 17.9. The van der Waals surface area contributed by atoms with Crippen molar-refractivity contribution in [1.29, 1.82) is 0 Å². The van der Waals surface area contributed by atoms with Crippen LogP contribution in [0.5, 0.6) is 0 Å². The first kappa shape index (κ1) is 44.6. The summed E-state index contributed by atoms with van der Waals surface area (Å²) in [5, 5.41) is 75.5. The number of oxime groups is 2. The average molecular weight is 848 g/mol. The molecule has 20 nitrogen and oxygen atoms in total. The van der Waals surface area contributed by atoms with Crippen molar-refractivity contribution in [3.05, 3.63) is 68.1 Å². The zero-order valence-electron chi connectivity index (χ0n) is 31.0. The third-order valence-electron chi connectivity index (χ3n) is 9.04. The van der Waals surface area contributed by atoms with Crippen LogP contribution in [0, 0.1) is 5.41 Å². The largest absolute Gasteiger partial charge is 0.481 e. The number of hydrogen-bond donors (Lipinski definition) is 8. The van der Waals surface area contributed by atoms with Gasteiger partial charge in [0.05, 0.1) is 72.1 Å². The van der Waals surface area contributed by atoms with E-state index in [1.54, 1.807) is 54.1 Å². The van der Waals surface area contributed by atoms with Gasteiger partial charge in [-0.05, 0) is 41.8 Å².